The Bertz CT molecular complexity index is 4160. The van der Waals surface area contributed by atoms with Crippen LogP contribution in [0.2, 0.25) is 0 Å². The van der Waals surface area contributed by atoms with Crippen LogP contribution in [0.5, 0.6) is 0 Å². The van der Waals surface area contributed by atoms with Gasteiger partial charge in [-0.3, -0.25) is 0 Å². The zero-order chi connectivity index (χ0) is 46.4. The fourth-order valence-corrected chi connectivity index (χ4v) is 12.8. The highest BCUT2D eigenvalue weighted by Crippen LogP contribution is 2.57. The summed E-state index contributed by atoms with van der Waals surface area (Å²) in [4.78, 5) is 0. The van der Waals surface area contributed by atoms with E-state index in [1.807, 2.05) is 60.7 Å². The molecule has 68 heavy (non-hydrogen) atoms. The first-order valence-electron chi connectivity index (χ1n) is 21.4. The van der Waals surface area contributed by atoms with E-state index in [2.05, 4.69) is 0 Å². The van der Waals surface area contributed by atoms with Gasteiger partial charge in [0.2, 0.25) is 0 Å². The third-order valence-electron chi connectivity index (χ3n) is 13.1. The van der Waals surface area contributed by atoms with E-state index in [0.717, 1.165) is 63.8 Å². The van der Waals surface area contributed by atoms with Crippen LogP contribution in [-0.2, 0) is 12.4 Å². The van der Waals surface area contributed by atoms with Crippen molar-refractivity contribution in [3.8, 4) is 33.6 Å². The van der Waals surface area contributed by atoms with Crippen LogP contribution in [0.15, 0.2) is 170 Å². The second-order valence-electron chi connectivity index (χ2n) is 16.8. The quantitative estimate of drug-likeness (QED) is 0.156. The summed E-state index contributed by atoms with van der Waals surface area (Å²) in [5.41, 5.74) is -5.51. The molecule has 0 radical (unpaired) electrons. The van der Waals surface area contributed by atoms with Crippen molar-refractivity contribution in [2.45, 2.75) is 12.4 Å². The fourth-order valence-electron chi connectivity index (χ4n) is 10.5. The number of nitrogens with zero attached hydrogens (tertiary/aromatic N) is 2. The lowest BCUT2D eigenvalue weighted by Crippen LogP contribution is -2.23. The second kappa shape index (κ2) is 14.5. The Hall–Kier alpha value is -7.54. The van der Waals surface area contributed by atoms with E-state index in [0.29, 0.717) is 38.0 Å². The molecule has 0 bridgehead atoms. The zero-order valence-electron chi connectivity index (χ0n) is 34.9. The third kappa shape index (κ3) is 5.80. The van der Waals surface area contributed by atoms with E-state index in [1.165, 1.54) is 57.6 Å². The lowest BCUT2D eigenvalue weighted by molar-refractivity contribution is -0.142. The van der Waals surface area contributed by atoms with Crippen molar-refractivity contribution in [3.05, 3.63) is 193 Å². The standard InChI is InChI=1S/C56H28F8N2S2/c57-31-21-17-29(18-22-31)45-51(55(59,60)61)54(66-38-14-6-2-10-34(38)48-40(66)26-28-44-50(48)36-12-4-8-16-42(36)68-44)52(56(62,63)64)46(30-19-23-32(58)24-20-30)53(45)65-37-13-5-1-9-33(37)47-39(65)25-27-43-49(47)35-11-3-7-15-41(35)67-43/h1-28H. The Labute approximate surface area is 387 Å². The molecule has 4 heterocycles. The summed E-state index contributed by atoms with van der Waals surface area (Å²) in [6.45, 7) is 0. The SMILES string of the molecule is Fc1ccc(-c2c(-n3c4ccccc4c4c5c(ccc43)sc3ccccc35)c(-c3ccc(F)cc3)c(C(F)(F)F)c(-n3c4ccccc4c4c5c(ccc43)sc3ccccc35)c2C(F)(F)F)cc1. The number of rotatable bonds is 4. The number of alkyl halides is 6. The highest BCUT2D eigenvalue weighted by Gasteiger charge is 2.49. The Morgan fingerprint density at radius 2 is 0.691 bits per heavy atom. The largest absolute Gasteiger partial charge is 0.419 e. The number of para-hydroxylation sites is 2. The molecule has 13 aromatic rings. The lowest BCUT2D eigenvalue weighted by Gasteiger charge is -2.31. The molecule has 0 fully saturated rings. The van der Waals surface area contributed by atoms with Gasteiger partial charge in [0, 0.05) is 73.0 Å². The maximum absolute atomic E-state index is 17.1. The van der Waals surface area contributed by atoms with Gasteiger partial charge in [0.15, 0.2) is 0 Å². The molecule has 0 saturated carbocycles. The van der Waals surface area contributed by atoms with Gasteiger partial charge in [0.25, 0.3) is 0 Å². The summed E-state index contributed by atoms with van der Waals surface area (Å²) >= 11 is 3.01. The van der Waals surface area contributed by atoms with Crippen molar-refractivity contribution in [2.75, 3.05) is 0 Å². The van der Waals surface area contributed by atoms with Crippen molar-refractivity contribution in [3.63, 3.8) is 0 Å². The third-order valence-corrected chi connectivity index (χ3v) is 15.4. The van der Waals surface area contributed by atoms with Crippen molar-refractivity contribution >= 4 is 107 Å². The first-order chi connectivity index (χ1) is 32.9. The van der Waals surface area contributed by atoms with E-state index >= 15 is 35.1 Å². The average molecular weight is 945 g/mol. The molecule has 2 nitrogen and oxygen atoms in total. The van der Waals surface area contributed by atoms with E-state index in [1.54, 1.807) is 54.6 Å². The molecule has 0 aliphatic heterocycles. The van der Waals surface area contributed by atoms with E-state index in [9.17, 15) is 0 Å². The highest BCUT2D eigenvalue weighted by molar-refractivity contribution is 7.26. The zero-order valence-corrected chi connectivity index (χ0v) is 36.5. The molecule has 0 atom stereocenters. The van der Waals surface area contributed by atoms with Gasteiger partial charge in [0.1, 0.15) is 11.6 Å². The normalized spacial score (nSPS) is 12.7. The first kappa shape index (κ1) is 40.7. The van der Waals surface area contributed by atoms with E-state index < -0.39 is 57.6 Å². The van der Waals surface area contributed by atoms with Crippen LogP contribution in [0.4, 0.5) is 35.1 Å². The number of hydrogen-bond donors (Lipinski definition) is 0. The molecule has 4 aromatic heterocycles. The first-order valence-corrected chi connectivity index (χ1v) is 23.1. The molecule has 0 N–H and O–H groups in total. The minimum atomic E-state index is -5.48. The summed E-state index contributed by atoms with van der Waals surface area (Å²) < 4.78 is 139. The Kier molecular flexibility index (Phi) is 8.67. The predicted molar refractivity (Wildman–Crippen MR) is 262 cm³/mol. The van der Waals surface area contributed by atoms with Crippen LogP contribution in [0.1, 0.15) is 11.1 Å². The van der Waals surface area contributed by atoms with Crippen LogP contribution in [-0.4, -0.2) is 9.13 Å². The maximum atomic E-state index is 17.1. The summed E-state index contributed by atoms with van der Waals surface area (Å²) in [5.74, 6) is -1.51. The van der Waals surface area contributed by atoms with E-state index in [-0.39, 0.29) is 22.2 Å². The molecule has 13 rings (SSSR count). The number of fused-ring (bicyclic) bond motifs is 14. The maximum Gasteiger partial charge on any atom is 0.419 e. The molecule has 0 unspecified atom stereocenters. The predicted octanol–water partition coefficient (Wildman–Crippen LogP) is 18.3. The Balaban J connectivity index is 1.33. The number of benzene rings is 9. The van der Waals surface area contributed by atoms with Crippen molar-refractivity contribution in [1.29, 1.82) is 0 Å². The minimum absolute atomic E-state index is 0.104. The molecular weight excluding hydrogens is 917 g/mol. The monoisotopic (exact) mass is 944 g/mol. The second-order valence-corrected chi connectivity index (χ2v) is 18.9. The van der Waals surface area contributed by atoms with Crippen LogP contribution in [0, 0.1) is 11.6 Å². The molecule has 12 heteroatoms. The lowest BCUT2D eigenvalue weighted by atomic mass is 9.85. The molecule has 0 aliphatic rings. The van der Waals surface area contributed by atoms with Gasteiger partial charge in [-0.25, -0.2) is 8.78 Å². The molecule has 330 valence electrons. The van der Waals surface area contributed by atoms with Crippen molar-refractivity contribution < 1.29 is 35.1 Å². The molecule has 0 amide bonds. The van der Waals surface area contributed by atoms with Gasteiger partial charge in [0.05, 0.1) is 44.6 Å². The van der Waals surface area contributed by atoms with Crippen LogP contribution >= 0.6 is 22.7 Å². The summed E-state index contributed by atoms with van der Waals surface area (Å²) in [6.07, 6.45) is -11.0. The van der Waals surface area contributed by atoms with Crippen LogP contribution in [0.3, 0.4) is 0 Å². The number of hydrogen-bond acceptors (Lipinski definition) is 2. The summed E-state index contributed by atoms with van der Waals surface area (Å²) in [7, 11) is 0. The highest BCUT2D eigenvalue weighted by atomic mass is 32.1. The minimum Gasteiger partial charge on any atom is -0.308 e. The molecule has 9 aromatic carbocycles. The topological polar surface area (TPSA) is 9.86 Å². The Morgan fingerprint density at radius 1 is 0.324 bits per heavy atom. The van der Waals surface area contributed by atoms with Crippen LogP contribution < -0.4 is 0 Å². The number of thiophene rings is 2. The van der Waals surface area contributed by atoms with Gasteiger partial charge < -0.3 is 9.13 Å². The van der Waals surface area contributed by atoms with Crippen molar-refractivity contribution in [2.24, 2.45) is 0 Å². The summed E-state index contributed by atoms with van der Waals surface area (Å²) in [5, 5.41) is 5.34. The number of halogens is 8. The molecule has 0 saturated heterocycles. The van der Waals surface area contributed by atoms with Gasteiger partial charge in [-0.1, -0.05) is 97.1 Å². The molecular formula is C56H28F8N2S2. The van der Waals surface area contributed by atoms with Gasteiger partial charge in [-0.05, 0) is 83.9 Å². The average Bonchev–Trinajstić information content (AvgIpc) is 4.08. The summed E-state index contributed by atoms with van der Waals surface area (Å²) in [6, 6.07) is 44.3. The molecule has 0 spiro atoms. The fraction of sp³-hybridized carbons (Fsp3) is 0.0357. The smallest absolute Gasteiger partial charge is 0.308 e. The van der Waals surface area contributed by atoms with Crippen molar-refractivity contribution in [1.82, 2.24) is 9.13 Å². The van der Waals surface area contributed by atoms with E-state index in [4.69, 9.17) is 0 Å². The van der Waals surface area contributed by atoms with Gasteiger partial charge >= 0.3 is 12.4 Å². The molecule has 0 aliphatic carbocycles. The Morgan fingerprint density at radius 3 is 1.10 bits per heavy atom. The van der Waals surface area contributed by atoms with Gasteiger partial charge in [-0.2, -0.15) is 26.3 Å². The number of aromatic nitrogens is 2. The van der Waals surface area contributed by atoms with Crippen LogP contribution in [0.25, 0.3) is 118 Å². The van der Waals surface area contributed by atoms with Gasteiger partial charge in [-0.15, -0.1) is 22.7 Å².